The zero-order chi connectivity index (χ0) is 17.4. The van der Waals surface area contributed by atoms with Crippen LogP contribution in [0.4, 0.5) is 0 Å². The highest BCUT2D eigenvalue weighted by Gasteiger charge is 2.51. The van der Waals surface area contributed by atoms with Crippen molar-refractivity contribution in [2.75, 3.05) is 6.54 Å². The van der Waals surface area contributed by atoms with Crippen LogP contribution in [0, 0.1) is 23.2 Å². The molecule has 134 valence electrons. The van der Waals surface area contributed by atoms with Crippen molar-refractivity contribution in [2.45, 2.75) is 51.6 Å². The van der Waals surface area contributed by atoms with E-state index in [1.165, 1.54) is 44.1 Å². The Morgan fingerprint density at radius 1 is 1.24 bits per heavy atom. The average molecular weight is 340 g/mol. The van der Waals surface area contributed by atoms with Gasteiger partial charge in [0.25, 0.3) is 0 Å². The van der Waals surface area contributed by atoms with Gasteiger partial charge in [0, 0.05) is 25.0 Å². The summed E-state index contributed by atoms with van der Waals surface area (Å²) in [5.74, 6) is 2.56. The molecule has 0 spiro atoms. The van der Waals surface area contributed by atoms with Crippen LogP contribution in [0.3, 0.4) is 0 Å². The summed E-state index contributed by atoms with van der Waals surface area (Å²) in [6.07, 6.45) is 12.5. The molecule has 0 aliphatic heterocycles. The van der Waals surface area contributed by atoms with E-state index < -0.39 is 6.10 Å². The van der Waals surface area contributed by atoms with Gasteiger partial charge in [-0.3, -0.25) is 9.78 Å². The normalized spacial score (nSPS) is 34.8. The number of allylic oxidation sites excluding steroid dienone is 1. The second kappa shape index (κ2) is 6.56. The Balaban J connectivity index is 1.38. The van der Waals surface area contributed by atoms with Crippen molar-refractivity contribution in [3.05, 3.63) is 41.7 Å². The SMILES string of the molecule is C/C(=C/C(=O)NCC(O)c1ccncc1)C12CC3CC(CC(C3)C1)C2. The van der Waals surface area contributed by atoms with Gasteiger partial charge in [-0.15, -0.1) is 0 Å². The standard InChI is InChI=1S/C21H28N2O2/c1-14(21-10-15-7-16(11-21)9-17(8-15)12-21)6-20(25)23-13-19(24)18-2-4-22-5-3-18/h2-6,15-17,19,24H,7-13H2,1H3,(H,23,25)/b14-6-. The van der Waals surface area contributed by atoms with Crippen molar-refractivity contribution in [1.29, 1.82) is 0 Å². The Bertz CT molecular complexity index is 632. The van der Waals surface area contributed by atoms with Crippen LogP contribution in [0.1, 0.15) is 57.1 Å². The molecule has 4 nitrogen and oxygen atoms in total. The van der Waals surface area contributed by atoms with Crippen LogP contribution in [0.5, 0.6) is 0 Å². The van der Waals surface area contributed by atoms with Gasteiger partial charge in [0.2, 0.25) is 5.91 Å². The average Bonchev–Trinajstić information content (AvgIpc) is 2.59. The minimum atomic E-state index is -0.694. The van der Waals surface area contributed by atoms with E-state index in [1.54, 1.807) is 30.6 Å². The first-order chi connectivity index (χ1) is 12.0. The predicted octanol–water partition coefficient (Wildman–Crippen LogP) is 3.39. The number of aliphatic hydroxyl groups is 1. The van der Waals surface area contributed by atoms with E-state index in [4.69, 9.17) is 0 Å². The van der Waals surface area contributed by atoms with Crippen molar-refractivity contribution in [2.24, 2.45) is 23.2 Å². The third kappa shape index (κ3) is 3.37. The lowest BCUT2D eigenvalue weighted by Crippen LogP contribution is -2.46. The highest BCUT2D eigenvalue weighted by molar-refractivity contribution is 5.88. The lowest BCUT2D eigenvalue weighted by atomic mass is 9.48. The maximum atomic E-state index is 12.4. The summed E-state index contributed by atoms with van der Waals surface area (Å²) in [6, 6.07) is 3.54. The molecule has 1 aromatic rings. The van der Waals surface area contributed by atoms with E-state index >= 15 is 0 Å². The summed E-state index contributed by atoms with van der Waals surface area (Å²) >= 11 is 0. The largest absolute Gasteiger partial charge is 0.387 e. The molecule has 4 heteroatoms. The number of pyridine rings is 1. The molecule has 1 heterocycles. The van der Waals surface area contributed by atoms with E-state index in [1.807, 2.05) is 0 Å². The Labute approximate surface area is 149 Å². The van der Waals surface area contributed by atoms with Crippen molar-refractivity contribution >= 4 is 5.91 Å². The Morgan fingerprint density at radius 3 is 2.36 bits per heavy atom. The molecule has 4 aliphatic rings. The van der Waals surface area contributed by atoms with Gasteiger partial charge >= 0.3 is 0 Å². The maximum Gasteiger partial charge on any atom is 0.244 e. The lowest BCUT2D eigenvalue weighted by Gasteiger charge is -2.57. The molecule has 4 saturated carbocycles. The number of aromatic nitrogens is 1. The molecular weight excluding hydrogens is 312 g/mol. The van der Waals surface area contributed by atoms with Gasteiger partial charge in [0.1, 0.15) is 0 Å². The van der Waals surface area contributed by atoms with Crippen molar-refractivity contribution in [3.8, 4) is 0 Å². The number of amides is 1. The number of hydrogen-bond donors (Lipinski definition) is 2. The van der Waals surface area contributed by atoms with Crippen molar-refractivity contribution in [3.63, 3.8) is 0 Å². The molecule has 2 N–H and O–H groups in total. The smallest absolute Gasteiger partial charge is 0.244 e. The summed E-state index contributed by atoms with van der Waals surface area (Å²) in [7, 11) is 0. The molecule has 0 radical (unpaired) electrons. The second-order valence-electron chi connectivity index (χ2n) is 8.57. The fourth-order valence-corrected chi connectivity index (χ4v) is 5.90. The number of carbonyl (C=O) groups is 1. The molecule has 0 aromatic carbocycles. The van der Waals surface area contributed by atoms with Gasteiger partial charge in [-0.25, -0.2) is 0 Å². The zero-order valence-electron chi connectivity index (χ0n) is 14.9. The van der Waals surface area contributed by atoms with Gasteiger partial charge in [0.05, 0.1) is 6.10 Å². The first-order valence-electron chi connectivity index (χ1n) is 9.59. The van der Waals surface area contributed by atoms with E-state index in [9.17, 15) is 9.90 Å². The summed E-state index contributed by atoms with van der Waals surface area (Å²) in [5.41, 5.74) is 2.30. The number of nitrogens with one attached hydrogen (secondary N) is 1. The first-order valence-corrected chi connectivity index (χ1v) is 9.59. The van der Waals surface area contributed by atoms with Crippen LogP contribution in [0.15, 0.2) is 36.2 Å². The first kappa shape index (κ1) is 16.8. The molecule has 4 aliphatic carbocycles. The molecule has 1 atom stereocenters. The van der Waals surface area contributed by atoms with Crippen LogP contribution in [-0.4, -0.2) is 22.5 Å². The fraction of sp³-hybridized carbons (Fsp3) is 0.619. The molecule has 4 bridgehead atoms. The van der Waals surface area contributed by atoms with Crippen molar-refractivity contribution < 1.29 is 9.90 Å². The minimum Gasteiger partial charge on any atom is -0.387 e. The van der Waals surface area contributed by atoms with Crippen LogP contribution in [0.25, 0.3) is 0 Å². The zero-order valence-corrected chi connectivity index (χ0v) is 14.9. The molecule has 5 rings (SSSR count). The molecule has 1 unspecified atom stereocenters. The third-order valence-corrected chi connectivity index (χ3v) is 6.78. The molecule has 25 heavy (non-hydrogen) atoms. The molecule has 4 fully saturated rings. The highest BCUT2D eigenvalue weighted by atomic mass is 16.3. The fourth-order valence-electron chi connectivity index (χ4n) is 5.90. The van der Waals surface area contributed by atoms with E-state index in [0.29, 0.717) is 0 Å². The quantitative estimate of drug-likeness (QED) is 0.808. The van der Waals surface area contributed by atoms with Gasteiger partial charge < -0.3 is 10.4 Å². The Kier molecular flexibility index (Phi) is 4.40. The number of hydrogen-bond acceptors (Lipinski definition) is 3. The van der Waals surface area contributed by atoms with E-state index in [2.05, 4.69) is 17.2 Å². The third-order valence-electron chi connectivity index (χ3n) is 6.78. The summed E-state index contributed by atoms with van der Waals surface area (Å²) in [4.78, 5) is 16.3. The number of carbonyl (C=O) groups excluding carboxylic acids is 1. The number of aliphatic hydroxyl groups excluding tert-OH is 1. The van der Waals surface area contributed by atoms with E-state index in [-0.39, 0.29) is 17.9 Å². The van der Waals surface area contributed by atoms with Crippen molar-refractivity contribution in [1.82, 2.24) is 10.3 Å². The second-order valence-corrected chi connectivity index (χ2v) is 8.57. The molecule has 1 aromatic heterocycles. The topological polar surface area (TPSA) is 62.2 Å². The number of nitrogens with zero attached hydrogens (tertiary/aromatic N) is 1. The Hall–Kier alpha value is -1.68. The van der Waals surface area contributed by atoms with E-state index in [0.717, 1.165) is 23.3 Å². The monoisotopic (exact) mass is 340 g/mol. The van der Waals surface area contributed by atoms with Gasteiger partial charge in [-0.2, -0.15) is 0 Å². The van der Waals surface area contributed by atoms with Crippen LogP contribution in [0.2, 0.25) is 0 Å². The van der Waals surface area contributed by atoms with Gasteiger partial charge in [-0.1, -0.05) is 5.57 Å². The minimum absolute atomic E-state index is 0.0821. The van der Waals surface area contributed by atoms with Gasteiger partial charge in [-0.05, 0) is 86.3 Å². The Morgan fingerprint density at radius 2 is 1.80 bits per heavy atom. The number of rotatable bonds is 5. The van der Waals surface area contributed by atoms with Crippen LogP contribution < -0.4 is 5.32 Å². The molecule has 0 saturated heterocycles. The van der Waals surface area contributed by atoms with Crippen LogP contribution in [-0.2, 0) is 4.79 Å². The summed E-state index contributed by atoms with van der Waals surface area (Å²) in [5, 5.41) is 13.0. The molecule has 1 amide bonds. The maximum absolute atomic E-state index is 12.4. The van der Waals surface area contributed by atoms with Gasteiger partial charge in [0.15, 0.2) is 0 Å². The van der Waals surface area contributed by atoms with Crippen LogP contribution >= 0.6 is 0 Å². The summed E-state index contributed by atoms with van der Waals surface area (Å²) in [6.45, 7) is 2.37. The predicted molar refractivity (Wildman–Crippen MR) is 96.6 cm³/mol. The highest BCUT2D eigenvalue weighted by Crippen LogP contribution is 2.62. The lowest BCUT2D eigenvalue weighted by molar-refractivity contribution is -0.117. The summed E-state index contributed by atoms with van der Waals surface area (Å²) < 4.78 is 0. The molecular formula is C21H28N2O2.